The highest BCUT2D eigenvalue weighted by molar-refractivity contribution is 6.25. The van der Waals surface area contributed by atoms with Crippen LogP contribution in [0.1, 0.15) is 11.5 Å². The fraction of sp³-hybridized carbons (Fsp3) is 0.273. The number of hydrogen-bond acceptors (Lipinski definition) is 10. The Hall–Kier alpha value is -4.28. The molecule has 0 aliphatic carbocycles. The van der Waals surface area contributed by atoms with Crippen LogP contribution >= 0.6 is 0 Å². The number of aryl methyl sites for hydroxylation is 1. The Bertz CT molecular complexity index is 1270. The van der Waals surface area contributed by atoms with E-state index in [0.29, 0.717) is 23.0 Å². The van der Waals surface area contributed by atoms with Crippen LogP contribution in [0.15, 0.2) is 57.3 Å². The zero-order chi connectivity index (χ0) is 23.1. The third-order valence-corrected chi connectivity index (χ3v) is 5.52. The molecule has 5 rings (SSSR count). The Balaban J connectivity index is 1.37. The van der Waals surface area contributed by atoms with E-state index in [1.807, 2.05) is 31.2 Å². The first-order valence-corrected chi connectivity index (χ1v) is 10.2. The second-order valence-electron chi connectivity index (χ2n) is 7.62. The summed E-state index contributed by atoms with van der Waals surface area (Å²) < 4.78 is 15.9. The van der Waals surface area contributed by atoms with Crippen molar-refractivity contribution < 1.29 is 23.6 Å². The van der Waals surface area contributed by atoms with Crippen LogP contribution in [0.3, 0.4) is 0 Å². The van der Waals surface area contributed by atoms with Crippen LogP contribution in [-0.4, -0.2) is 53.3 Å². The molecule has 2 atom stereocenters. The number of anilines is 1. The second-order valence-corrected chi connectivity index (χ2v) is 7.62. The molecule has 33 heavy (non-hydrogen) atoms. The van der Waals surface area contributed by atoms with Gasteiger partial charge in [-0.05, 0) is 25.1 Å². The monoisotopic (exact) mass is 448 g/mol. The molecule has 3 aromatic rings. The highest BCUT2D eigenvalue weighted by Crippen LogP contribution is 2.37. The zero-order valence-electron chi connectivity index (χ0n) is 18.1. The average molecular weight is 448 g/mol. The molecule has 2 aliphatic heterocycles. The van der Waals surface area contributed by atoms with Crippen LogP contribution in [0.2, 0.25) is 0 Å². The molecule has 0 unspecified atom stereocenters. The summed E-state index contributed by atoms with van der Waals surface area (Å²) in [4.78, 5) is 31.7. The Morgan fingerprint density at radius 1 is 1.03 bits per heavy atom. The van der Waals surface area contributed by atoms with Gasteiger partial charge in [-0.25, -0.2) is 4.90 Å². The minimum absolute atomic E-state index is 0.0439. The fourth-order valence-corrected chi connectivity index (χ4v) is 3.93. The van der Waals surface area contributed by atoms with E-state index >= 15 is 0 Å². The summed E-state index contributed by atoms with van der Waals surface area (Å²) >= 11 is 0. The van der Waals surface area contributed by atoms with Gasteiger partial charge in [0.15, 0.2) is 23.6 Å². The third kappa shape index (κ3) is 3.47. The Morgan fingerprint density at radius 3 is 2.61 bits per heavy atom. The number of imide groups is 1. The molecule has 0 radical (unpaired) electrons. The Labute approximate surface area is 188 Å². The van der Waals surface area contributed by atoms with E-state index in [9.17, 15) is 9.59 Å². The van der Waals surface area contributed by atoms with Crippen molar-refractivity contribution in [1.29, 1.82) is 0 Å². The maximum absolute atomic E-state index is 13.2. The highest BCUT2D eigenvalue weighted by Gasteiger charge is 2.55. The second kappa shape index (κ2) is 8.01. The quantitative estimate of drug-likeness (QED) is 0.527. The number of amides is 2. The largest absolute Gasteiger partial charge is 0.493 e. The number of methoxy groups -OCH3 is 2. The van der Waals surface area contributed by atoms with Gasteiger partial charge in [0.25, 0.3) is 11.8 Å². The summed E-state index contributed by atoms with van der Waals surface area (Å²) in [5, 5.41) is 13.5. The van der Waals surface area contributed by atoms with Crippen molar-refractivity contribution in [2.45, 2.75) is 25.6 Å². The van der Waals surface area contributed by atoms with E-state index in [2.05, 4.69) is 20.5 Å². The Kier molecular flexibility index (Phi) is 5.00. The normalized spacial score (nSPS) is 19.4. The molecule has 168 valence electrons. The van der Waals surface area contributed by atoms with E-state index in [0.717, 1.165) is 16.0 Å². The third-order valence-electron chi connectivity index (χ3n) is 5.52. The lowest BCUT2D eigenvalue weighted by molar-refractivity contribution is -0.123. The first-order valence-electron chi connectivity index (χ1n) is 10.2. The van der Waals surface area contributed by atoms with Crippen LogP contribution in [-0.2, 0) is 16.1 Å². The number of benzene rings is 2. The number of aromatic nitrogens is 2. The van der Waals surface area contributed by atoms with Gasteiger partial charge >= 0.3 is 0 Å². The lowest BCUT2D eigenvalue weighted by atomic mass is 10.1. The molecule has 2 amide bonds. The number of carbonyl (C=O) groups is 2. The number of fused-ring (bicyclic) bond motifs is 1. The van der Waals surface area contributed by atoms with E-state index in [1.165, 1.54) is 19.2 Å². The topological polar surface area (TPSA) is 123 Å². The van der Waals surface area contributed by atoms with Crippen molar-refractivity contribution in [3.8, 4) is 22.9 Å². The van der Waals surface area contributed by atoms with E-state index < -0.39 is 23.9 Å². The summed E-state index contributed by atoms with van der Waals surface area (Å²) in [5.41, 5.74) is 2.25. The minimum atomic E-state index is -0.940. The molecular formula is C22H20N6O5. The van der Waals surface area contributed by atoms with Crippen LogP contribution in [0.4, 0.5) is 5.69 Å². The highest BCUT2D eigenvalue weighted by atomic mass is 16.5. The average Bonchev–Trinajstić information content (AvgIpc) is 3.51. The smallest absolute Gasteiger partial charge is 0.263 e. The van der Waals surface area contributed by atoms with Gasteiger partial charge in [0.2, 0.25) is 11.7 Å². The number of hydrogen-bond donors (Lipinski definition) is 0. The van der Waals surface area contributed by atoms with Crippen LogP contribution in [0, 0.1) is 6.92 Å². The molecule has 11 nitrogen and oxygen atoms in total. The molecule has 1 fully saturated rings. The van der Waals surface area contributed by atoms with E-state index in [1.54, 1.807) is 18.2 Å². The van der Waals surface area contributed by atoms with Crippen molar-refractivity contribution in [2.75, 3.05) is 19.1 Å². The summed E-state index contributed by atoms with van der Waals surface area (Å²) in [5.74, 6) is 0.677. The Morgan fingerprint density at radius 2 is 1.85 bits per heavy atom. The fourth-order valence-electron chi connectivity index (χ4n) is 3.93. The molecule has 2 aliphatic rings. The number of rotatable bonds is 6. The molecule has 0 saturated carbocycles. The first kappa shape index (κ1) is 20.6. The van der Waals surface area contributed by atoms with Gasteiger partial charge in [0, 0.05) is 11.6 Å². The van der Waals surface area contributed by atoms with Gasteiger partial charge in [0.1, 0.15) is 6.54 Å². The van der Waals surface area contributed by atoms with Gasteiger partial charge in [-0.1, -0.05) is 34.1 Å². The van der Waals surface area contributed by atoms with Crippen molar-refractivity contribution in [2.24, 2.45) is 10.3 Å². The standard InChI is InChI=1S/C22H20N6O5/c1-12-5-4-6-13(9-12)20-23-17(33-25-20)11-27-19-18(24-26-27)21(29)28(22(19)30)14-7-8-15(31-2)16(10-14)32-3/h4-10,18-19H,11H2,1-3H3/t18-,19-/m0/s1. The first-order chi connectivity index (χ1) is 16.0. The maximum Gasteiger partial charge on any atom is 0.263 e. The molecule has 1 aromatic heterocycles. The van der Waals surface area contributed by atoms with Gasteiger partial charge in [-0.2, -0.15) is 10.1 Å². The predicted molar refractivity (Wildman–Crippen MR) is 114 cm³/mol. The number of ether oxygens (including phenoxy) is 2. The molecule has 0 spiro atoms. The van der Waals surface area contributed by atoms with Crippen molar-refractivity contribution in [1.82, 2.24) is 15.1 Å². The minimum Gasteiger partial charge on any atom is -0.493 e. The number of nitrogens with zero attached hydrogens (tertiary/aromatic N) is 6. The summed E-state index contributed by atoms with van der Waals surface area (Å²) in [7, 11) is 2.99. The number of carbonyl (C=O) groups excluding carboxylic acids is 2. The molecule has 1 saturated heterocycles. The van der Waals surface area contributed by atoms with Crippen LogP contribution in [0.25, 0.3) is 11.4 Å². The molecule has 2 aromatic carbocycles. The van der Waals surface area contributed by atoms with Crippen molar-refractivity contribution in [3.63, 3.8) is 0 Å². The van der Waals surface area contributed by atoms with E-state index in [-0.39, 0.29) is 12.4 Å². The maximum atomic E-state index is 13.2. The van der Waals surface area contributed by atoms with Gasteiger partial charge in [-0.15, -0.1) is 0 Å². The van der Waals surface area contributed by atoms with Gasteiger partial charge in [0.05, 0.1) is 19.9 Å². The van der Waals surface area contributed by atoms with Crippen LogP contribution in [0.5, 0.6) is 11.5 Å². The van der Waals surface area contributed by atoms with Gasteiger partial charge < -0.3 is 14.0 Å². The predicted octanol–water partition coefficient (Wildman–Crippen LogP) is 2.56. The zero-order valence-corrected chi connectivity index (χ0v) is 18.1. The molecule has 0 bridgehead atoms. The summed E-state index contributed by atoms with van der Waals surface area (Å²) in [6, 6.07) is 10.7. The van der Waals surface area contributed by atoms with Crippen molar-refractivity contribution >= 4 is 17.5 Å². The van der Waals surface area contributed by atoms with Crippen molar-refractivity contribution in [3.05, 3.63) is 53.9 Å². The summed E-state index contributed by atoms with van der Waals surface area (Å²) in [6.45, 7) is 2.02. The lowest BCUT2D eigenvalue weighted by Gasteiger charge is -2.20. The molecular weight excluding hydrogens is 428 g/mol. The molecule has 0 N–H and O–H groups in total. The SMILES string of the molecule is COc1ccc(N2C(=O)[C@H]3N=NN(Cc4nc(-c5cccc(C)c5)no4)[C@@H]3C2=O)cc1OC. The van der Waals surface area contributed by atoms with E-state index in [4.69, 9.17) is 14.0 Å². The van der Waals surface area contributed by atoms with Gasteiger partial charge in [-0.3, -0.25) is 14.6 Å². The lowest BCUT2D eigenvalue weighted by Crippen LogP contribution is -2.39. The van der Waals surface area contributed by atoms with Crippen LogP contribution < -0.4 is 14.4 Å². The summed E-state index contributed by atoms with van der Waals surface area (Å²) in [6.07, 6.45) is 0. The molecule has 11 heteroatoms. The molecule has 3 heterocycles.